The van der Waals surface area contributed by atoms with Crippen molar-refractivity contribution >= 4 is 7.32 Å². The first-order chi connectivity index (χ1) is 19.6. The van der Waals surface area contributed by atoms with Gasteiger partial charge in [-0.3, -0.25) is 13.3 Å². The molecule has 0 aliphatic rings. The molecule has 0 unspecified atom stereocenters. The molecule has 43 heavy (non-hydrogen) atoms. The van der Waals surface area contributed by atoms with Gasteiger partial charge >= 0.3 is 7.32 Å². The number of rotatable bonds is 7. The first kappa shape index (κ1) is 35.0. The van der Waals surface area contributed by atoms with E-state index in [0.29, 0.717) is 0 Å². The lowest BCUT2D eigenvalue weighted by Gasteiger charge is -2.26. The lowest BCUT2D eigenvalue weighted by molar-refractivity contribution is -0.845. The molecule has 0 atom stereocenters. The minimum absolute atomic E-state index is 0.350. The summed E-state index contributed by atoms with van der Waals surface area (Å²) in [4.78, 5) is 0. The second-order valence-corrected chi connectivity index (χ2v) is 8.54. The standard InChI is InChI=1S/C17H11BF10NO3.C6F5/c1-5(29(2,3)4)30-18(31-16-12(25)8(21)6(19)9(22)13(16)26)32-17-14(27)10(23)7(20)11(24)15(17)28;7-2-1-3(8)5(10)6(11)4(2)9/h1H2,2-4H3;/q+1;-1. The van der Waals surface area contributed by atoms with Gasteiger partial charge in [-0.2, -0.15) is 17.6 Å². The zero-order valence-corrected chi connectivity index (χ0v) is 21.1. The van der Waals surface area contributed by atoms with Crippen LogP contribution in [-0.2, 0) is 4.65 Å². The number of hydrogen-bond acceptors (Lipinski definition) is 3. The molecule has 0 spiro atoms. The van der Waals surface area contributed by atoms with Gasteiger partial charge < -0.3 is 14.0 Å². The topological polar surface area (TPSA) is 27.7 Å². The van der Waals surface area contributed by atoms with Gasteiger partial charge in [-0.1, -0.05) is 0 Å². The highest BCUT2D eigenvalue weighted by Crippen LogP contribution is 2.33. The highest BCUT2D eigenvalue weighted by molar-refractivity contribution is 6.38. The Morgan fingerprint density at radius 1 is 0.488 bits per heavy atom. The summed E-state index contributed by atoms with van der Waals surface area (Å²) in [6.07, 6.45) is 0. The van der Waals surface area contributed by atoms with Gasteiger partial charge in [0.25, 0.3) is 5.88 Å². The summed E-state index contributed by atoms with van der Waals surface area (Å²) in [6.45, 7) is 3.34. The largest absolute Gasteiger partial charge is 0.868 e. The number of halogens is 15. The number of benzene rings is 3. The van der Waals surface area contributed by atoms with Gasteiger partial charge in [0.2, 0.25) is 58.2 Å². The Kier molecular flexibility index (Phi) is 10.5. The molecular formula is C23H11BF15NO3. The summed E-state index contributed by atoms with van der Waals surface area (Å²) < 4.78 is 209. The van der Waals surface area contributed by atoms with Crippen LogP contribution in [0.1, 0.15) is 0 Å². The number of nitrogens with zero attached hydrogens (tertiary/aromatic N) is 1. The van der Waals surface area contributed by atoms with Crippen LogP contribution in [0.5, 0.6) is 11.5 Å². The average Bonchev–Trinajstić information content (AvgIpc) is 2.94. The Labute approximate surface area is 230 Å². The van der Waals surface area contributed by atoms with Crippen LogP contribution in [0, 0.1) is 93.3 Å². The minimum atomic E-state index is -2.83. The van der Waals surface area contributed by atoms with Crippen LogP contribution < -0.4 is 9.31 Å². The van der Waals surface area contributed by atoms with Gasteiger partial charge in [-0.25, -0.2) is 39.5 Å². The van der Waals surface area contributed by atoms with Gasteiger partial charge in [0.15, 0.2) is 11.5 Å². The van der Waals surface area contributed by atoms with Crippen LogP contribution in [-0.4, -0.2) is 32.9 Å². The van der Waals surface area contributed by atoms with E-state index < -0.39 is 112 Å². The maximum absolute atomic E-state index is 13.9. The fraction of sp³-hybridized carbons (Fsp3) is 0.130. The molecule has 0 heterocycles. The third kappa shape index (κ3) is 7.23. The summed E-state index contributed by atoms with van der Waals surface area (Å²) in [7, 11) is 1.28. The maximum atomic E-state index is 13.9. The molecule has 0 aromatic heterocycles. The van der Waals surface area contributed by atoms with Gasteiger partial charge in [0, 0.05) is 6.58 Å². The van der Waals surface area contributed by atoms with Crippen LogP contribution in [0.4, 0.5) is 65.9 Å². The SMILES string of the molecule is C=C(OB(Oc1c(F)c(F)c(F)c(F)c1F)Oc1c(F)c(F)c(F)c(F)c1F)[N+](C)(C)C.Fc1[c-]c(F)c(F)c(F)c1F. The molecule has 0 bridgehead atoms. The summed E-state index contributed by atoms with van der Waals surface area (Å²) in [5.74, 6) is -39.6. The highest BCUT2D eigenvalue weighted by atomic mass is 19.2. The van der Waals surface area contributed by atoms with Crippen molar-refractivity contribution in [1.82, 2.24) is 0 Å². The first-order valence-corrected chi connectivity index (χ1v) is 10.6. The van der Waals surface area contributed by atoms with E-state index in [1.807, 2.05) is 0 Å². The van der Waals surface area contributed by atoms with Crippen LogP contribution in [0.2, 0.25) is 0 Å². The van der Waals surface area contributed by atoms with E-state index >= 15 is 0 Å². The molecule has 3 aromatic rings. The molecule has 3 rings (SSSR count). The molecule has 3 aromatic carbocycles. The quantitative estimate of drug-likeness (QED) is 0.0533. The van der Waals surface area contributed by atoms with E-state index in [4.69, 9.17) is 4.65 Å². The van der Waals surface area contributed by atoms with Crippen LogP contribution >= 0.6 is 0 Å². The molecule has 20 heteroatoms. The van der Waals surface area contributed by atoms with E-state index in [-0.39, 0.29) is 4.48 Å². The second kappa shape index (κ2) is 13.0. The van der Waals surface area contributed by atoms with Crippen LogP contribution in [0.3, 0.4) is 0 Å². The zero-order valence-electron chi connectivity index (χ0n) is 21.1. The van der Waals surface area contributed by atoms with Crippen molar-refractivity contribution in [1.29, 1.82) is 0 Å². The first-order valence-electron chi connectivity index (χ1n) is 10.6. The normalized spacial score (nSPS) is 11.1. The predicted octanol–water partition coefficient (Wildman–Crippen LogP) is 6.90. The van der Waals surface area contributed by atoms with Gasteiger partial charge in [-0.05, 0) is 0 Å². The van der Waals surface area contributed by atoms with Crippen molar-refractivity contribution in [3.05, 3.63) is 106 Å². The summed E-state index contributed by atoms with van der Waals surface area (Å²) >= 11 is 0. The van der Waals surface area contributed by atoms with Crippen molar-refractivity contribution in [2.24, 2.45) is 0 Å². The van der Waals surface area contributed by atoms with Crippen LogP contribution in [0.25, 0.3) is 0 Å². The van der Waals surface area contributed by atoms with Crippen LogP contribution in [0.15, 0.2) is 12.5 Å². The van der Waals surface area contributed by atoms with Crippen molar-refractivity contribution in [3.63, 3.8) is 0 Å². The summed E-state index contributed by atoms with van der Waals surface area (Å²) in [5, 5.41) is 0. The third-order valence-electron chi connectivity index (χ3n) is 4.74. The van der Waals surface area contributed by atoms with Gasteiger partial charge in [-0.15, -0.1) is 6.07 Å². The van der Waals surface area contributed by atoms with Crippen molar-refractivity contribution in [3.8, 4) is 11.5 Å². The molecule has 0 saturated carbocycles. The predicted molar refractivity (Wildman–Crippen MR) is 113 cm³/mol. The fourth-order valence-electron chi connectivity index (χ4n) is 2.41. The Morgan fingerprint density at radius 3 is 1.02 bits per heavy atom. The van der Waals surface area contributed by atoms with E-state index in [1.54, 1.807) is 0 Å². The summed E-state index contributed by atoms with van der Waals surface area (Å²) in [6, 6.07) is 1.02. The molecule has 4 nitrogen and oxygen atoms in total. The average molecular weight is 645 g/mol. The van der Waals surface area contributed by atoms with E-state index in [0.717, 1.165) is 6.07 Å². The highest BCUT2D eigenvalue weighted by Gasteiger charge is 2.41. The minimum Gasteiger partial charge on any atom is -0.484 e. The second-order valence-electron chi connectivity index (χ2n) is 8.54. The maximum Gasteiger partial charge on any atom is 0.868 e. The van der Waals surface area contributed by atoms with E-state index in [1.165, 1.54) is 21.1 Å². The fourth-order valence-corrected chi connectivity index (χ4v) is 2.41. The van der Waals surface area contributed by atoms with Crippen molar-refractivity contribution in [2.45, 2.75) is 0 Å². The molecule has 234 valence electrons. The molecule has 0 N–H and O–H groups in total. The monoisotopic (exact) mass is 645 g/mol. The van der Waals surface area contributed by atoms with E-state index in [9.17, 15) is 65.9 Å². The number of hydrogen-bond donors (Lipinski definition) is 0. The Morgan fingerprint density at radius 2 is 0.744 bits per heavy atom. The number of quaternary nitrogens is 1. The molecule has 0 saturated heterocycles. The molecule has 0 radical (unpaired) electrons. The van der Waals surface area contributed by atoms with Crippen molar-refractivity contribution < 1.29 is 84.3 Å². The van der Waals surface area contributed by atoms with E-state index in [2.05, 4.69) is 15.9 Å². The Balaban J connectivity index is 0.000000490. The van der Waals surface area contributed by atoms with Gasteiger partial charge in [0.05, 0.1) is 50.2 Å². The smallest absolute Gasteiger partial charge is 0.484 e. The summed E-state index contributed by atoms with van der Waals surface area (Å²) in [5.41, 5.74) is 0. The lowest BCUT2D eigenvalue weighted by atomic mass is 10.1. The molecule has 0 aliphatic carbocycles. The van der Waals surface area contributed by atoms with Crippen molar-refractivity contribution in [2.75, 3.05) is 21.1 Å². The molecular weight excluding hydrogens is 634 g/mol. The zero-order chi connectivity index (χ0) is 33.3. The third-order valence-corrected chi connectivity index (χ3v) is 4.74. The Bertz CT molecular complexity index is 1420. The molecule has 0 aliphatic heterocycles. The molecule has 0 fully saturated rings. The molecule has 0 amide bonds. The van der Waals surface area contributed by atoms with Gasteiger partial charge in [0.1, 0.15) is 0 Å². The lowest BCUT2D eigenvalue weighted by Crippen LogP contribution is -2.42. The Hall–Kier alpha value is -4.23.